The highest BCUT2D eigenvalue weighted by molar-refractivity contribution is 7.99. The Balaban J connectivity index is 1.50. The summed E-state index contributed by atoms with van der Waals surface area (Å²) in [5.41, 5.74) is 1.62. The molecular weight excluding hydrogens is 685 g/mol. The summed E-state index contributed by atoms with van der Waals surface area (Å²) in [5.74, 6) is -1.17. The Morgan fingerprint density at radius 3 is 2.30 bits per heavy atom. The molecule has 0 unspecified atom stereocenters. The average molecular weight is 721 g/mol. The molecule has 4 aromatic carbocycles. The molecule has 4 aromatic rings. The minimum Gasteiger partial charge on any atom is -0.496 e. The van der Waals surface area contributed by atoms with E-state index in [9.17, 15) is 32.9 Å². The van der Waals surface area contributed by atoms with Crippen molar-refractivity contribution in [3.05, 3.63) is 112 Å². The molecule has 0 aliphatic heterocycles. The van der Waals surface area contributed by atoms with Crippen LogP contribution in [0.5, 0.6) is 5.75 Å². The fourth-order valence-electron chi connectivity index (χ4n) is 4.85. The van der Waals surface area contributed by atoms with Crippen molar-refractivity contribution in [3.8, 4) is 16.9 Å². The number of carboxylic acids is 1. The Morgan fingerprint density at radius 1 is 0.980 bits per heavy atom. The van der Waals surface area contributed by atoms with E-state index < -0.39 is 43.4 Å². The highest BCUT2D eigenvalue weighted by atomic mass is 32.2. The van der Waals surface area contributed by atoms with Gasteiger partial charge in [0.2, 0.25) is 5.91 Å². The zero-order chi connectivity index (χ0) is 36.4. The normalized spacial score (nSPS) is 11.7. The maximum Gasteiger partial charge on any atom is 0.303 e. The van der Waals surface area contributed by atoms with E-state index >= 15 is 0 Å². The van der Waals surface area contributed by atoms with Gasteiger partial charge in [0, 0.05) is 60.8 Å². The summed E-state index contributed by atoms with van der Waals surface area (Å²) in [7, 11) is 0.166. The highest BCUT2D eigenvalue weighted by Crippen LogP contribution is 2.32. The van der Waals surface area contributed by atoms with Crippen LogP contribution >= 0.6 is 11.8 Å². The van der Waals surface area contributed by atoms with Gasteiger partial charge >= 0.3 is 5.97 Å². The second kappa shape index (κ2) is 16.8. The number of aryl methyl sites for hydroxylation is 1. The van der Waals surface area contributed by atoms with Crippen LogP contribution in [0.2, 0.25) is 0 Å². The van der Waals surface area contributed by atoms with E-state index in [1.807, 2.05) is 35.1 Å². The molecule has 0 spiro atoms. The van der Waals surface area contributed by atoms with Crippen LogP contribution in [0.4, 0.5) is 11.4 Å². The van der Waals surface area contributed by atoms with Crippen LogP contribution < -0.4 is 14.8 Å². The molecule has 0 saturated carbocycles. The van der Waals surface area contributed by atoms with Gasteiger partial charge in [-0.2, -0.15) is 0 Å². The fraction of sp³-hybridized carbons (Fsp3) is 0.229. The molecule has 0 bridgehead atoms. The van der Waals surface area contributed by atoms with Gasteiger partial charge in [0.1, 0.15) is 11.4 Å². The van der Waals surface area contributed by atoms with Gasteiger partial charge in [-0.05, 0) is 60.0 Å². The van der Waals surface area contributed by atoms with Gasteiger partial charge in [-0.25, -0.2) is 13.1 Å². The lowest BCUT2D eigenvalue weighted by Gasteiger charge is -2.21. The second-order valence-electron chi connectivity index (χ2n) is 11.3. The average Bonchev–Trinajstić information content (AvgIpc) is 3.09. The largest absolute Gasteiger partial charge is 0.496 e. The van der Waals surface area contributed by atoms with E-state index in [1.54, 1.807) is 44.4 Å². The minimum absolute atomic E-state index is 0.0198. The van der Waals surface area contributed by atoms with Crippen LogP contribution in [0.3, 0.4) is 0 Å². The molecule has 2 amide bonds. The maximum absolute atomic E-state index is 13.2. The third-order valence-electron chi connectivity index (χ3n) is 7.53. The van der Waals surface area contributed by atoms with E-state index in [1.165, 1.54) is 42.0 Å². The molecule has 0 aliphatic rings. The van der Waals surface area contributed by atoms with Crippen LogP contribution in [0.25, 0.3) is 11.1 Å². The molecule has 0 aliphatic carbocycles. The number of carbonyl (C=O) groups is 3. The van der Waals surface area contributed by atoms with E-state index in [0.717, 1.165) is 22.6 Å². The van der Waals surface area contributed by atoms with Crippen LogP contribution in [-0.2, 0) is 26.0 Å². The molecule has 15 heteroatoms. The standard InChI is InChI=1S/C35H36N4O9S2/c1-38(2)33(40)20-26(22-49-27-7-5-4-6-8-27)36-30-17-15-28(21-31(30)39(44)45)50(46,47)37-35(43)25-13-11-24(12-14-25)29-16-9-23(10-18-34(41)42)19-32(29)48-3/h4-9,11-17,19,21,26,36H,10,18,20,22H2,1-3H3,(H,37,43)(H,41,42)/t26-/m1/s1. The third kappa shape index (κ3) is 10.1. The number of nitro groups is 1. The smallest absolute Gasteiger partial charge is 0.303 e. The second-order valence-corrected chi connectivity index (χ2v) is 14.1. The number of rotatable bonds is 16. The Hall–Kier alpha value is -5.41. The lowest BCUT2D eigenvalue weighted by atomic mass is 9.99. The van der Waals surface area contributed by atoms with Gasteiger partial charge < -0.3 is 20.1 Å². The first-order valence-electron chi connectivity index (χ1n) is 15.3. The number of sulfonamides is 1. The molecular formula is C35H36N4O9S2. The number of nitro benzene ring substituents is 1. The Labute approximate surface area is 293 Å². The number of hydrogen-bond acceptors (Lipinski definition) is 10. The van der Waals surface area contributed by atoms with Gasteiger partial charge in [0.15, 0.2) is 0 Å². The van der Waals surface area contributed by atoms with E-state index in [0.29, 0.717) is 29.1 Å². The zero-order valence-electron chi connectivity index (χ0n) is 27.5. The monoisotopic (exact) mass is 720 g/mol. The van der Waals surface area contributed by atoms with Crippen molar-refractivity contribution < 1.29 is 37.6 Å². The lowest BCUT2D eigenvalue weighted by Crippen LogP contribution is -2.32. The molecule has 1 atom stereocenters. The fourth-order valence-corrected chi connectivity index (χ4v) is 6.79. The van der Waals surface area contributed by atoms with Crippen molar-refractivity contribution in [2.24, 2.45) is 0 Å². The van der Waals surface area contributed by atoms with Gasteiger partial charge in [-0.15, -0.1) is 11.8 Å². The van der Waals surface area contributed by atoms with Crippen LogP contribution in [-0.4, -0.2) is 74.1 Å². The quantitative estimate of drug-likeness (QED) is 0.0759. The number of nitrogens with zero attached hydrogens (tertiary/aromatic N) is 2. The molecule has 262 valence electrons. The number of amides is 2. The number of benzene rings is 4. The number of thioether (sulfide) groups is 1. The molecule has 0 saturated heterocycles. The molecule has 0 aromatic heterocycles. The Kier molecular flexibility index (Phi) is 12.6. The predicted octanol–water partition coefficient (Wildman–Crippen LogP) is 5.46. The third-order valence-corrected chi connectivity index (χ3v) is 10.0. The number of nitrogens with one attached hydrogen (secondary N) is 2. The summed E-state index contributed by atoms with van der Waals surface area (Å²) in [6.07, 6.45) is 0.329. The first kappa shape index (κ1) is 37.4. The molecule has 3 N–H and O–H groups in total. The molecule has 13 nitrogen and oxygen atoms in total. The van der Waals surface area contributed by atoms with Crippen molar-refractivity contribution in [3.63, 3.8) is 0 Å². The zero-order valence-corrected chi connectivity index (χ0v) is 29.1. The minimum atomic E-state index is -4.53. The van der Waals surface area contributed by atoms with Crippen LogP contribution in [0.1, 0.15) is 28.8 Å². The number of carboxylic acid groups (broad SMARTS) is 1. The van der Waals surface area contributed by atoms with E-state index in [4.69, 9.17) is 9.84 Å². The van der Waals surface area contributed by atoms with Gasteiger partial charge in [-0.3, -0.25) is 24.5 Å². The van der Waals surface area contributed by atoms with Crippen molar-refractivity contribution in [1.82, 2.24) is 9.62 Å². The lowest BCUT2D eigenvalue weighted by molar-refractivity contribution is -0.384. The summed E-state index contributed by atoms with van der Waals surface area (Å²) in [4.78, 5) is 49.7. The molecule has 0 radical (unpaired) electrons. The Morgan fingerprint density at radius 2 is 1.68 bits per heavy atom. The molecule has 0 heterocycles. The summed E-state index contributed by atoms with van der Waals surface area (Å²) < 4.78 is 33.9. The topological polar surface area (TPSA) is 185 Å². The Bertz CT molecular complexity index is 1970. The SMILES string of the molecule is COc1cc(CCC(=O)O)ccc1-c1ccc(C(=O)NS(=O)(=O)c2ccc(N[C@@H](CSc3ccccc3)CC(=O)N(C)C)c([N+](=O)[O-])c2)cc1. The number of ether oxygens (including phenoxy) is 1. The number of hydrogen-bond donors (Lipinski definition) is 3. The number of methoxy groups -OCH3 is 1. The predicted molar refractivity (Wildman–Crippen MR) is 190 cm³/mol. The van der Waals surface area contributed by atoms with Crippen molar-refractivity contribution >= 4 is 50.9 Å². The number of carbonyl (C=O) groups excluding carboxylic acids is 2. The maximum atomic E-state index is 13.2. The van der Waals surface area contributed by atoms with Gasteiger partial charge in [-0.1, -0.05) is 42.5 Å². The summed E-state index contributed by atoms with van der Waals surface area (Å²) in [6.45, 7) is 0. The van der Waals surface area contributed by atoms with Crippen molar-refractivity contribution in [2.45, 2.75) is 35.1 Å². The molecule has 0 fully saturated rings. The molecule has 50 heavy (non-hydrogen) atoms. The van der Waals surface area contributed by atoms with Crippen LogP contribution in [0, 0.1) is 10.1 Å². The van der Waals surface area contributed by atoms with E-state index in [-0.39, 0.29) is 30.0 Å². The summed E-state index contributed by atoms with van der Waals surface area (Å²) >= 11 is 1.46. The first-order chi connectivity index (χ1) is 23.8. The summed E-state index contributed by atoms with van der Waals surface area (Å²) in [6, 6.07) is 23.5. The van der Waals surface area contributed by atoms with Crippen molar-refractivity contribution in [2.75, 3.05) is 32.3 Å². The van der Waals surface area contributed by atoms with E-state index in [2.05, 4.69) is 5.32 Å². The van der Waals surface area contributed by atoms with Gasteiger partial charge in [0.25, 0.3) is 21.6 Å². The number of anilines is 1. The molecule has 4 rings (SSSR count). The summed E-state index contributed by atoms with van der Waals surface area (Å²) in [5, 5.41) is 24.1. The van der Waals surface area contributed by atoms with Crippen LogP contribution in [0.15, 0.2) is 101 Å². The van der Waals surface area contributed by atoms with Crippen molar-refractivity contribution in [1.29, 1.82) is 0 Å². The first-order valence-corrected chi connectivity index (χ1v) is 17.7. The van der Waals surface area contributed by atoms with Gasteiger partial charge in [0.05, 0.1) is 16.9 Å². The number of aliphatic carboxylic acids is 1. The highest BCUT2D eigenvalue weighted by Gasteiger charge is 2.26.